The van der Waals surface area contributed by atoms with Crippen molar-refractivity contribution in [3.8, 4) is 0 Å². The van der Waals surface area contributed by atoms with Crippen LogP contribution >= 0.6 is 11.8 Å². The monoisotopic (exact) mass is 276 g/mol. The molecule has 0 unspecified atom stereocenters. The van der Waals surface area contributed by atoms with Crippen molar-refractivity contribution in [1.82, 2.24) is 4.90 Å². The van der Waals surface area contributed by atoms with Crippen LogP contribution in [0.5, 0.6) is 0 Å². The van der Waals surface area contributed by atoms with Gasteiger partial charge in [-0.05, 0) is 42.5 Å². The van der Waals surface area contributed by atoms with E-state index in [9.17, 15) is 9.59 Å². The van der Waals surface area contributed by atoms with E-state index in [1.807, 2.05) is 43.3 Å². The summed E-state index contributed by atoms with van der Waals surface area (Å²) in [5.41, 5.74) is 2.02. The van der Waals surface area contributed by atoms with Gasteiger partial charge < -0.3 is 4.90 Å². The Hall–Kier alpha value is -1.75. The molecule has 0 aromatic heterocycles. The largest absolute Gasteiger partial charge is 0.378 e. The van der Waals surface area contributed by atoms with Gasteiger partial charge in [-0.2, -0.15) is 0 Å². The van der Waals surface area contributed by atoms with Crippen LogP contribution in [0.15, 0.2) is 29.2 Å². The van der Waals surface area contributed by atoms with Gasteiger partial charge >= 0.3 is 0 Å². The molecule has 0 saturated carbocycles. The van der Waals surface area contributed by atoms with E-state index in [-0.39, 0.29) is 11.1 Å². The minimum absolute atomic E-state index is 0.191. The second-order valence-electron chi connectivity index (χ2n) is 4.41. The fraction of sp³-hybridized carbons (Fsp3) is 0.286. The molecule has 0 bridgehead atoms. The lowest BCUT2D eigenvalue weighted by molar-refractivity contribution is -0.122. The Morgan fingerprint density at radius 1 is 1.21 bits per heavy atom. The number of carbonyl (C=O) groups excluding carboxylic acids is 2. The molecule has 1 aliphatic rings. The Kier molecular flexibility index (Phi) is 3.95. The van der Waals surface area contributed by atoms with E-state index < -0.39 is 0 Å². The predicted octanol–water partition coefficient (Wildman–Crippen LogP) is 2.81. The number of anilines is 1. The highest BCUT2D eigenvalue weighted by Gasteiger charge is 2.33. The molecule has 4 nitrogen and oxygen atoms in total. The van der Waals surface area contributed by atoms with E-state index in [2.05, 4.69) is 0 Å². The number of rotatable bonds is 3. The molecule has 19 heavy (non-hydrogen) atoms. The summed E-state index contributed by atoms with van der Waals surface area (Å²) in [6.07, 6.45) is 1.76. The summed E-state index contributed by atoms with van der Waals surface area (Å²) in [5.74, 6) is -0.200. The van der Waals surface area contributed by atoms with Gasteiger partial charge in [0.25, 0.3) is 11.1 Å². The summed E-state index contributed by atoms with van der Waals surface area (Å²) in [6, 6.07) is 7.84. The van der Waals surface area contributed by atoms with Gasteiger partial charge in [0.1, 0.15) is 0 Å². The van der Waals surface area contributed by atoms with Crippen LogP contribution in [-0.2, 0) is 4.79 Å². The molecular weight excluding hydrogens is 260 g/mol. The van der Waals surface area contributed by atoms with Crippen molar-refractivity contribution in [3.05, 3.63) is 34.7 Å². The van der Waals surface area contributed by atoms with Crippen LogP contribution in [0.4, 0.5) is 10.5 Å². The van der Waals surface area contributed by atoms with Crippen LogP contribution in [0.25, 0.3) is 6.08 Å². The first-order valence-corrected chi connectivity index (χ1v) is 6.87. The number of imide groups is 1. The maximum atomic E-state index is 11.9. The highest BCUT2D eigenvalue weighted by Crippen LogP contribution is 2.32. The summed E-state index contributed by atoms with van der Waals surface area (Å²) in [6.45, 7) is 2.22. The van der Waals surface area contributed by atoms with Gasteiger partial charge in [-0.3, -0.25) is 14.5 Å². The van der Waals surface area contributed by atoms with Crippen molar-refractivity contribution in [2.45, 2.75) is 6.92 Å². The molecule has 5 heteroatoms. The van der Waals surface area contributed by atoms with E-state index in [1.165, 1.54) is 4.90 Å². The SMILES string of the molecule is CCN1C(=O)S/C(=C/c2ccc(N(C)C)cc2)C1=O. The first kappa shape index (κ1) is 13.7. The molecule has 1 aliphatic heterocycles. The lowest BCUT2D eigenvalue weighted by Crippen LogP contribution is -2.27. The first-order valence-electron chi connectivity index (χ1n) is 6.05. The van der Waals surface area contributed by atoms with E-state index in [4.69, 9.17) is 0 Å². The molecule has 100 valence electrons. The maximum Gasteiger partial charge on any atom is 0.293 e. The van der Waals surface area contributed by atoms with Crippen LogP contribution < -0.4 is 4.90 Å². The van der Waals surface area contributed by atoms with Crippen LogP contribution in [0, 0.1) is 0 Å². The van der Waals surface area contributed by atoms with Crippen LogP contribution in [0.3, 0.4) is 0 Å². The summed E-state index contributed by atoms with van der Waals surface area (Å²) in [5, 5.41) is -0.191. The summed E-state index contributed by atoms with van der Waals surface area (Å²) in [7, 11) is 3.95. The Bertz CT molecular complexity index is 535. The summed E-state index contributed by atoms with van der Waals surface area (Å²) in [4.78, 5) is 27.3. The molecule has 1 heterocycles. The normalized spacial score (nSPS) is 17.4. The molecule has 0 N–H and O–H groups in total. The number of hydrogen-bond donors (Lipinski definition) is 0. The number of amides is 2. The van der Waals surface area contributed by atoms with Crippen LogP contribution in [-0.4, -0.2) is 36.7 Å². The smallest absolute Gasteiger partial charge is 0.293 e. The third kappa shape index (κ3) is 2.81. The first-order chi connectivity index (χ1) is 9.02. The number of carbonyl (C=O) groups is 2. The third-order valence-electron chi connectivity index (χ3n) is 2.90. The molecule has 1 aromatic carbocycles. The minimum Gasteiger partial charge on any atom is -0.378 e. The van der Waals surface area contributed by atoms with Gasteiger partial charge in [-0.15, -0.1) is 0 Å². The molecular formula is C14H16N2O2S. The van der Waals surface area contributed by atoms with E-state index >= 15 is 0 Å². The lowest BCUT2D eigenvalue weighted by atomic mass is 10.2. The van der Waals surface area contributed by atoms with Crippen molar-refractivity contribution in [3.63, 3.8) is 0 Å². The molecule has 1 aromatic rings. The van der Waals surface area contributed by atoms with Crippen LogP contribution in [0.1, 0.15) is 12.5 Å². The average molecular weight is 276 g/mol. The Morgan fingerprint density at radius 3 is 2.32 bits per heavy atom. The molecule has 1 saturated heterocycles. The molecule has 0 radical (unpaired) electrons. The van der Waals surface area contributed by atoms with Crippen molar-refractivity contribution in [1.29, 1.82) is 0 Å². The third-order valence-corrected chi connectivity index (χ3v) is 3.80. The highest BCUT2D eigenvalue weighted by molar-refractivity contribution is 8.18. The number of hydrogen-bond acceptors (Lipinski definition) is 4. The van der Waals surface area contributed by atoms with Gasteiger partial charge in [-0.1, -0.05) is 12.1 Å². The zero-order chi connectivity index (χ0) is 14.0. The van der Waals surface area contributed by atoms with Gasteiger partial charge in [0.15, 0.2) is 0 Å². The lowest BCUT2D eigenvalue weighted by Gasteiger charge is -2.11. The predicted molar refractivity (Wildman–Crippen MR) is 79.1 cm³/mol. The molecule has 2 amide bonds. The van der Waals surface area contributed by atoms with Gasteiger partial charge in [0.2, 0.25) is 0 Å². The van der Waals surface area contributed by atoms with Gasteiger partial charge in [0.05, 0.1) is 4.91 Å². The second-order valence-corrected chi connectivity index (χ2v) is 5.41. The van der Waals surface area contributed by atoms with Crippen molar-refractivity contribution >= 4 is 34.7 Å². The van der Waals surface area contributed by atoms with Crippen molar-refractivity contribution in [2.75, 3.05) is 25.5 Å². The molecule has 0 aliphatic carbocycles. The van der Waals surface area contributed by atoms with E-state index in [0.29, 0.717) is 11.4 Å². The maximum absolute atomic E-state index is 11.9. The van der Waals surface area contributed by atoms with Crippen molar-refractivity contribution in [2.24, 2.45) is 0 Å². The number of benzene rings is 1. The van der Waals surface area contributed by atoms with Gasteiger partial charge in [0, 0.05) is 26.3 Å². The topological polar surface area (TPSA) is 40.6 Å². The molecule has 0 spiro atoms. The quantitative estimate of drug-likeness (QED) is 0.796. The number of thioether (sulfide) groups is 1. The van der Waals surface area contributed by atoms with E-state index in [1.54, 1.807) is 13.0 Å². The summed E-state index contributed by atoms with van der Waals surface area (Å²) < 4.78 is 0. The average Bonchev–Trinajstić information content (AvgIpc) is 2.64. The number of likely N-dealkylation sites (N-methyl/N-ethyl adjacent to an activating group) is 1. The molecule has 0 atom stereocenters. The Morgan fingerprint density at radius 2 is 1.84 bits per heavy atom. The standard InChI is InChI=1S/C14H16N2O2S/c1-4-16-13(17)12(19-14(16)18)9-10-5-7-11(8-6-10)15(2)3/h5-9H,4H2,1-3H3/b12-9+. The fourth-order valence-electron chi connectivity index (χ4n) is 1.79. The minimum atomic E-state index is -0.200. The fourth-order valence-corrected chi connectivity index (χ4v) is 2.70. The van der Waals surface area contributed by atoms with Gasteiger partial charge in [-0.25, -0.2) is 0 Å². The number of nitrogens with zero attached hydrogens (tertiary/aromatic N) is 2. The molecule has 1 fully saturated rings. The van der Waals surface area contributed by atoms with E-state index in [0.717, 1.165) is 23.0 Å². The zero-order valence-corrected chi connectivity index (χ0v) is 12.0. The van der Waals surface area contributed by atoms with Crippen molar-refractivity contribution < 1.29 is 9.59 Å². The zero-order valence-electron chi connectivity index (χ0n) is 11.2. The highest BCUT2D eigenvalue weighted by atomic mass is 32.2. The Labute approximate surface area is 117 Å². The van der Waals surface area contributed by atoms with Crippen LogP contribution in [0.2, 0.25) is 0 Å². The Balaban J connectivity index is 2.22. The summed E-state index contributed by atoms with van der Waals surface area (Å²) >= 11 is 1.000. The second kappa shape index (κ2) is 5.48. The molecule has 2 rings (SSSR count).